The molecule has 1 atom stereocenters. The maximum absolute atomic E-state index is 11.4. The Bertz CT molecular complexity index is 266. The third kappa shape index (κ3) is 8.72. The molecule has 17 heavy (non-hydrogen) atoms. The number of nitrogens with one attached hydrogen (secondary N) is 1. The average molecular weight is 243 g/mol. The first-order valence-corrected chi connectivity index (χ1v) is 6.11. The maximum atomic E-state index is 11.4. The molecular weight excluding hydrogens is 218 g/mol. The van der Waals surface area contributed by atoms with Crippen LogP contribution in [0.15, 0.2) is 0 Å². The number of hydrogen-bond acceptors (Lipinski definition) is 2. The van der Waals surface area contributed by atoms with Crippen molar-refractivity contribution in [1.29, 1.82) is 0 Å². The molecule has 0 aliphatic carbocycles. The van der Waals surface area contributed by atoms with Gasteiger partial charge in [-0.25, -0.2) is 0 Å². The quantitative estimate of drug-likeness (QED) is 0.752. The van der Waals surface area contributed by atoms with E-state index in [1.807, 2.05) is 34.6 Å². The van der Waals surface area contributed by atoms with Crippen molar-refractivity contribution in [2.45, 2.75) is 47.5 Å². The van der Waals surface area contributed by atoms with Crippen LogP contribution in [0.4, 0.5) is 0 Å². The first-order valence-electron chi connectivity index (χ1n) is 6.11. The lowest BCUT2D eigenvalue weighted by molar-refractivity contribution is -0.142. The Morgan fingerprint density at radius 1 is 1.24 bits per heavy atom. The summed E-state index contributed by atoms with van der Waals surface area (Å²) in [7, 11) is 0. The van der Waals surface area contributed by atoms with Gasteiger partial charge in [0.2, 0.25) is 5.91 Å². The van der Waals surface area contributed by atoms with Crippen molar-refractivity contribution < 1.29 is 14.7 Å². The molecule has 0 spiro atoms. The van der Waals surface area contributed by atoms with Crippen LogP contribution in [0.25, 0.3) is 0 Å². The van der Waals surface area contributed by atoms with E-state index in [1.54, 1.807) is 0 Å². The molecule has 0 fully saturated rings. The third-order valence-electron chi connectivity index (χ3n) is 2.35. The number of rotatable bonds is 6. The normalized spacial score (nSPS) is 13.5. The van der Waals surface area contributed by atoms with Gasteiger partial charge in [0.15, 0.2) is 0 Å². The Morgan fingerprint density at radius 2 is 1.76 bits per heavy atom. The SMILES string of the molecule is CC(C)CC(=O)NCC(CC(C)(C)C)C(=O)O. The first-order chi connectivity index (χ1) is 7.61. The van der Waals surface area contributed by atoms with Crippen LogP contribution in [-0.4, -0.2) is 23.5 Å². The molecule has 0 radical (unpaired) electrons. The molecule has 2 N–H and O–H groups in total. The Labute approximate surface area is 104 Å². The van der Waals surface area contributed by atoms with Gasteiger partial charge in [0, 0.05) is 13.0 Å². The molecule has 0 saturated heterocycles. The summed E-state index contributed by atoms with van der Waals surface area (Å²) in [5.41, 5.74) is -0.0498. The number of carbonyl (C=O) groups excluding carboxylic acids is 1. The highest BCUT2D eigenvalue weighted by molar-refractivity contribution is 5.77. The molecule has 0 aromatic heterocycles. The van der Waals surface area contributed by atoms with Gasteiger partial charge < -0.3 is 10.4 Å². The van der Waals surface area contributed by atoms with Crippen LogP contribution in [-0.2, 0) is 9.59 Å². The highest BCUT2D eigenvalue weighted by atomic mass is 16.4. The van der Waals surface area contributed by atoms with E-state index in [2.05, 4.69) is 5.32 Å². The molecule has 0 bridgehead atoms. The van der Waals surface area contributed by atoms with Crippen LogP contribution < -0.4 is 5.32 Å². The van der Waals surface area contributed by atoms with Crippen molar-refractivity contribution in [1.82, 2.24) is 5.32 Å². The molecule has 0 aromatic rings. The average Bonchev–Trinajstić information content (AvgIpc) is 2.08. The summed E-state index contributed by atoms with van der Waals surface area (Å²) in [6.45, 7) is 10.1. The Balaban J connectivity index is 4.19. The van der Waals surface area contributed by atoms with Crippen LogP contribution in [0.2, 0.25) is 0 Å². The van der Waals surface area contributed by atoms with E-state index >= 15 is 0 Å². The topological polar surface area (TPSA) is 66.4 Å². The van der Waals surface area contributed by atoms with Gasteiger partial charge in [0.1, 0.15) is 0 Å². The molecule has 1 unspecified atom stereocenters. The van der Waals surface area contributed by atoms with E-state index in [-0.39, 0.29) is 17.9 Å². The Hall–Kier alpha value is -1.06. The van der Waals surface area contributed by atoms with Crippen molar-refractivity contribution >= 4 is 11.9 Å². The lowest BCUT2D eigenvalue weighted by Crippen LogP contribution is -2.35. The van der Waals surface area contributed by atoms with Gasteiger partial charge in [-0.15, -0.1) is 0 Å². The van der Waals surface area contributed by atoms with Crippen LogP contribution in [0.1, 0.15) is 47.5 Å². The van der Waals surface area contributed by atoms with Crippen molar-refractivity contribution in [3.63, 3.8) is 0 Å². The zero-order chi connectivity index (χ0) is 13.6. The first kappa shape index (κ1) is 15.9. The lowest BCUT2D eigenvalue weighted by atomic mass is 9.84. The zero-order valence-corrected chi connectivity index (χ0v) is 11.5. The van der Waals surface area contributed by atoms with Crippen molar-refractivity contribution in [3.8, 4) is 0 Å². The van der Waals surface area contributed by atoms with E-state index in [0.29, 0.717) is 18.8 Å². The monoisotopic (exact) mass is 243 g/mol. The standard InChI is InChI=1S/C13H25NO3/c1-9(2)6-11(15)14-8-10(12(16)17)7-13(3,4)5/h9-10H,6-8H2,1-5H3,(H,14,15)(H,16,17). The minimum atomic E-state index is -0.843. The van der Waals surface area contributed by atoms with E-state index in [0.717, 1.165) is 0 Å². The highest BCUT2D eigenvalue weighted by Gasteiger charge is 2.24. The minimum absolute atomic E-state index is 0.0498. The molecule has 0 aromatic carbocycles. The third-order valence-corrected chi connectivity index (χ3v) is 2.35. The van der Waals surface area contributed by atoms with Crippen LogP contribution in [0.5, 0.6) is 0 Å². The second kappa shape index (κ2) is 6.62. The molecule has 0 heterocycles. The van der Waals surface area contributed by atoms with Gasteiger partial charge in [0.25, 0.3) is 0 Å². The van der Waals surface area contributed by atoms with Gasteiger partial charge in [-0.3, -0.25) is 9.59 Å². The summed E-state index contributed by atoms with van der Waals surface area (Å²) < 4.78 is 0. The number of aliphatic carboxylic acids is 1. The van der Waals surface area contributed by atoms with E-state index in [9.17, 15) is 9.59 Å². The molecule has 4 heteroatoms. The fourth-order valence-corrected chi connectivity index (χ4v) is 1.67. The van der Waals surface area contributed by atoms with Crippen LogP contribution >= 0.6 is 0 Å². The number of carboxylic acids is 1. The van der Waals surface area contributed by atoms with Gasteiger partial charge in [0.05, 0.1) is 5.92 Å². The molecule has 0 aliphatic rings. The van der Waals surface area contributed by atoms with Crippen LogP contribution in [0.3, 0.4) is 0 Å². The Kier molecular flexibility index (Phi) is 6.21. The molecule has 100 valence electrons. The predicted molar refractivity (Wildman–Crippen MR) is 67.7 cm³/mol. The van der Waals surface area contributed by atoms with Gasteiger partial charge in [-0.05, 0) is 17.8 Å². The molecule has 1 amide bonds. The number of amides is 1. The summed E-state index contributed by atoms with van der Waals surface area (Å²) in [5.74, 6) is -1.13. The Morgan fingerprint density at radius 3 is 2.12 bits per heavy atom. The summed E-state index contributed by atoms with van der Waals surface area (Å²) in [6, 6.07) is 0. The van der Waals surface area contributed by atoms with Gasteiger partial charge in [-0.2, -0.15) is 0 Å². The van der Waals surface area contributed by atoms with Crippen molar-refractivity contribution in [2.75, 3.05) is 6.54 Å². The summed E-state index contributed by atoms with van der Waals surface area (Å²) in [6.07, 6.45) is 1.01. The van der Waals surface area contributed by atoms with Crippen molar-refractivity contribution in [2.24, 2.45) is 17.3 Å². The minimum Gasteiger partial charge on any atom is -0.481 e. The highest BCUT2D eigenvalue weighted by Crippen LogP contribution is 2.24. The van der Waals surface area contributed by atoms with Gasteiger partial charge in [-0.1, -0.05) is 34.6 Å². The number of carboxylic acid groups (broad SMARTS) is 1. The van der Waals surface area contributed by atoms with E-state index in [4.69, 9.17) is 5.11 Å². The summed E-state index contributed by atoms with van der Waals surface area (Å²) in [5, 5.41) is 11.8. The number of carbonyl (C=O) groups is 2. The molecule has 4 nitrogen and oxygen atoms in total. The fraction of sp³-hybridized carbons (Fsp3) is 0.846. The number of hydrogen-bond donors (Lipinski definition) is 2. The summed E-state index contributed by atoms with van der Waals surface area (Å²) >= 11 is 0. The van der Waals surface area contributed by atoms with Gasteiger partial charge >= 0.3 is 5.97 Å². The molecule has 0 rings (SSSR count). The smallest absolute Gasteiger partial charge is 0.308 e. The molecule has 0 saturated carbocycles. The molecule has 0 aliphatic heterocycles. The molecular formula is C13H25NO3. The maximum Gasteiger partial charge on any atom is 0.308 e. The zero-order valence-electron chi connectivity index (χ0n) is 11.5. The second-order valence-corrected chi connectivity index (χ2v) is 6.20. The van der Waals surface area contributed by atoms with E-state index < -0.39 is 11.9 Å². The lowest BCUT2D eigenvalue weighted by Gasteiger charge is -2.23. The van der Waals surface area contributed by atoms with Crippen LogP contribution in [0, 0.1) is 17.3 Å². The fourth-order valence-electron chi connectivity index (χ4n) is 1.67. The van der Waals surface area contributed by atoms with E-state index in [1.165, 1.54) is 0 Å². The predicted octanol–water partition coefficient (Wildman–Crippen LogP) is 2.29. The van der Waals surface area contributed by atoms with Crippen molar-refractivity contribution in [3.05, 3.63) is 0 Å². The largest absolute Gasteiger partial charge is 0.481 e. The second-order valence-electron chi connectivity index (χ2n) is 6.20. The summed E-state index contributed by atoms with van der Waals surface area (Å²) in [4.78, 5) is 22.5.